The molecule has 3 heterocycles. The molecule has 0 radical (unpaired) electrons. The first kappa shape index (κ1) is 19.0. The molecule has 2 aromatic heterocycles. The second-order valence-electron chi connectivity index (χ2n) is 7.29. The number of nitrogens with zero attached hydrogens (tertiary/aromatic N) is 4. The van der Waals surface area contributed by atoms with Gasteiger partial charge in [0.25, 0.3) is 0 Å². The Labute approximate surface area is 171 Å². The van der Waals surface area contributed by atoms with Crippen LogP contribution in [0.1, 0.15) is 32.1 Å². The highest BCUT2D eigenvalue weighted by Crippen LogP contribution is 2.47. The average Bonchev–Trinajstić information content (AvgIpc) is 3.01. The molecule has 1 aliphatic carbocycles. The van der Waals surface area contributed by atoms with E-state index in [1.807, 2.05) is 0 Å². The minimum absolute atomic E-state index is 0.174. The fraction of sp³-hybridized carbons (Fsp3) is 0.500. The molecule has 1 spiro atoms. The number of piperidine rings is 1. The number of anilines is 2. The number of alkyl halides is 1. The van der Waals surface area contributed by atoms with Gasteiger partial charge in [0.15, 0.2) is 5.15 Å². The maximum Gasteiger partial charge on any atom is 0.151 e. The Hall–Kier alpha value is -1.31. The molecule has 1 saturated heterocycles. The van der Waals surface area contributed by atoms with E-state index in [9.17, 15) is 4.39 Å². The van der Waals surface area contributed by atoms with Gasteiger partial charge in [0.1, 0.15) is 22.8 Å². The second-order valence-corrected chi connectivity index (χ2v) is 9.09. The molecule has 0 unspecified atom stereocenters. The standard InChI is InChI=1S/C18H20Cl2FN5S/c19-16-12(7-13(22)25-17(16)20)27-15-10-23-14(9-24-15)26-5-3-18(4-6-26)2-1-11(21)8-18/h7,9-11H,1-6,8H2,(H2,22,25)/t11-/m1/s1. The average molecular weight is 428 g/mol. The molecule has 4 rings (SSSR count). The number of hydrogen-bond donors (Lipinski definition) is 1. The van der Waals surface area contributed by atoms with Crippen molar-refractivity contribution in [3.8, 4) is 0 Å². The van der Waals surface area contributed by atoms with Crippen LogP contribution in [0, 0.1) is 5.41 Å². The molecule has 144 valence electrons. The predicted molar refractivity (Wildman–Crippen MR) is 107 cm³/mol. The Morgan fingerprint density at radius 1 is 1.19 bits per heavy atom. The van der Waals surface area contributed by atoms with Crippen molar-refractivity contribution in [3.63, 3.8) is 0 Å². The first-order valence-electron chi connectivity index (χ1n) is 8.95. The summed E-state index contributed by atoms with van der Waals surface area (Å²) >= 11 is 13.5. The fourth-order valence-electron chi connectivity index (χ4n) is 4.01. The summed E-state index contributed by atoms with van der Waals surface area (Å²) < 4.78 is 13.6. The predicted octanol–water partition coefficient (Wildman–Crippen LogP) is 5.02. The number of halogens is 3. The summed E-state index contributed by atoms with van der Waals surface area (Å²) in [6, 6.07) is 1.66. The Bertz CT molecular complexity index is 827. The quantitative estimate of drug-likeness (QED) is 0.693. The van der Waals surface area contributed by atoms with Gasteiger partial charge < -0.3 is 10.6 Å². The molecule has 2 aliphatic rings. The Kier molecular flexibility index (Phi) is 5.36. The Morgan fingerprint density at radius 3 is 2.59 bits per heavy atom. The van der Waals surface area contributed by atoms with E-state index < -0.39 is 6.17 Å². The molecule has 5 nitrogen and oxygen atoms in total. The molecule has 9 heteroatoms. The van der Waals surface area contributed by atoms with Crippen molar-refractivity contribution in [2.45, 2.75) is 48.2 Å². The van der Waals surface area contributed by atoms with Crippen molar-refractivity contribution >= 4 is 46.6 Å². The van der Waals surface area contributed by atoms with E-state index in [1.54, 1.807) is 18.5 Å². The van der Waals surface area contributed by atoms with E-state index in [1.165, 1.54) is 11.8 Å². The number of pyridine rings is 1. The summed E-state index contributed by atoms with van der Waals surface area (Å²) in [5.41, 5.74) is 5.93. The molecule has 1 saturated carbocycles. The van der Waals surface area contributed by atoms with E-state index in [0.29, 0.717) is 20.8 Å². The molecule has 1 aliphatic heterocycles. The van der Waals surface area contributed by atoms with Crippen LogP contribution >= 0.6 is 35.0 Å². The Morgan fingerprint density at radius 2 is 1.96 bits per heavy atom. The smallest absolute Gasteiger partial charge is 0.151 e. The SMILES string of the molecule is Nc1cc(Sc2cnc(N3CCC4(CC[C@@H](F)C4)CC3)cn2)c(Cl)c(Cl)n1. The van der Waals surface area contributed by atoms with Gasteiger partial charge in [-0.1, -0.05) is 35.0 Å². The maximum absolute atomic E-state index is 13.6. The van der Waals surface area contributed by atoms with E-state index >= 15 is 0 Å². The van der Waals surface area contributed by atoms with Crippen LogP contribution in [0.5, 0.6) is 0 Å². The number of nitrogens with two attached hydrogens (primary N) is 1. The van der Waals surface area contributed by atoms with Crippen molar-refractivity contribution < 1.29 is 4.39 Å². The zero-order valence-electron chi connectivity index (χ0n) is 14.7. The molecule has 2 N–H and O–H groups in total. The van der Waals surface area contributed by atoms with Gasteiger partial charge in [-0.3, -0.25) is 0 Å². The summed E-state index contributed by atoms with van der Waals surface area (Å²) in [5.74, 6) is 1.16. The molecule has 2 fully saturated rings. The van der Waals surface area contributed by atoms with Crippen LogP contribution in [0.3, 0.4) is 0 Å². The largest absolute Gasteiger partial charge is 0.384 e. The van der Waals surface area contributed by atoms with Crippen LogP contribution in [0.25, 0.3) is 0 Å². The summed E-state index contributed by atoms with van der Waals surface area (Å²) in [6.45, 7) is 1.80. The molecule has 2 aromatic rings. The molecule has 0 bridgehead atoms. The minimum Gasteiger partial charge on any atom is -0.384 e. The number of rotatable bonds is 3. The highest BCUT2D eigenvalue weighted by atomic mass is 35.5. The van der Waals surface area contributed by atoms with Crippen LogP contribution in [-0.4, -0.2) is 34.2 Å². The lowest BCUT2D eigenvalue weighted by atomic mass is 9.77. The third kappa shape index (κ3) is 4.10. The van der Waals surface area contributed by atoms with Gasteiger partial charge in [0, 0.05) is 18.0 Å². The number of aromatic nitrogens is 3. The van der Waals surface area contributed by atoms with E-state index in [4.69, 9.17) is 28.9 Å². The zero-order chi connectivity index (χ0) is 19.0. The molecule has 0 aromatic carbocycles. The minimum atomic E-state index is -0.616. The van der Waals surface area contributed by atoms with Gasteiger partial charge in [0.05, 0.1) is 17.4 Å². The van der Waals surface area contributed by atoms with E-state index in [0.717, 1.165) is 51.0 Å². The van der Waals surface area contributed by atoms with Crippen LogP contribution < -0.4 is 10.6 Å². The van der Waals surface area contributed by atoms with Gasteiger partial charge in [-0.25, -0.2) is 19.3 Å². The third-order valence-corrected chi connectivity index (χ3v) is 7.35. The molecular weight excluding hydrogens is 408 g/mol. The van der Waals surface area contributed by atoms with Crippen LogP contribution in [0.15, 0.2) is 28.4 Å². The maximum atomic E-state index is 13.6. The van der Waals surface area contributed by atoms with E-state index in [-0.39, 0.29) is 10.6 Å². The van der Waals surface area contributed by atoms with Crippen LogP contribution in [0.4, 0.5) is 16.0 Å². The normalized spacial score (nSPS) is 21.7. The molecule has 0 amide bonds. The number of hydrogen-bond acceptors (Lipinski definition) is 6. The molecular formula is C18H20Cl2FN5S. The summed E-state index contributed by atoms with van der Waals surface area (Å²) in [7, 11) is 0. The first-order valence-corrected chi connectivity index (χ1v) is 10.5. The second kappa shape index (κ2) is 7.60. The van der Waals surface area contributed by atoms with Crippen molar-refractivity contribution in [2.24, 2.45) is 5.41 Å². The third-order valence-electron chi connectivity index (χ3n) is 5.52. The lowest BCUT2D eigenvalue weighted by Crippen LogP contribution is -2.39. The van der Waals surface area contributed by atoms with Crippen LogP contribution in [0.2, 0.25) is 10.2 Å². The van der Waals surface area contributed by atoms with Crippen molar-refractivity contribution in [1.82, 2.24) is 15.0 Å². The van der Waals surface area contributed by atoms with Crippen molar-refractivity contribution in [3.05, 3.63) is 28.6 Å². The topological polar surface area (TPSA) is 67.9 Å². The van der Waals surface area contributed by atoms with Gasteiger partial charge >= 0.3 is 0 Å². The van der Waals surface area contributed by atoms with E-state index in [2.05, 4.69) is 19.9 Å². The number of nitrogen functional groups attached to an aromatic ring is 1. The summed E-state index contributed by atoms with van der Waals surface area (Å²) in [4.78, 5) is 15.9. The lowest BCUT2D eigenvalue weighted by molar-refractivity contribution is 0.203. The molecule has 1 atom stereocenters. The highest BCUT2D eigenvalue weighted by Gasteiger charge is 2.41. The summed E-state index contributed by atoms with van der Waals surface area (Å²) in [6.07, 6.45) is 7.38. The van der Waals surface area contributed by atoms with Crippen LogP contribution in [-0.2, 0) is 0 Å². The Balaban J connectivity index is 1.41. The molecule has 27 heavy (non-hydrogen) atoms. The van der Waals surface area contributed by atoms with Gasteiger partial charge in [0.2, 0.25) is 0 Å². The lowest BCUT2D eigenvalue weighted by Gasteiger charge is -2.39. The zero-order valence-corrected chi connectivity index (χ0v) is 17.0. The summed E-state index contributed by atoms with van der Waals surface area (Å²) in [5, 5.41) is 1.23. The van der Waals surface area contributed by atoms with Gasteiger partial charge in [-0.15, -0.1) is 0 Å². The first-order chi connectivity index (χ1) is 12.9. The van der Waals surface area contributed by atoms with Crippen molar-refractivity contribution in [2.75, 3.05) is 23.7 Å². The van der Waals surface area contributed by atoms with Crippen molar-refractivity contribution in [1.29, 1.82) is 0 Å². The van der Waals surface area contributed by atoms with Gasteiger partial charge in [-0.2, -0.15) is 0 Å². The fourth-order valence-corrected chi connectivity index (χ4v) is 5.28. The van der Waals surface area contributed by atoms with Gasteiger partial charge in [-0.05, 0) is 43.6 Å². The highest BCUT2D eigenvalue weighted by molar-refractivity contribution is 7.99. The monoisotopic (exact) mass is 427 g/mol.